The lowest BCUT2D eigenvalue weighted by atomic mass is 10.1. The van der Waals surface area contributed by atoms with Crippen molar-refractivity contribution in [2.45, 2.75) is 26.3 Å². The van der Waals surface area contributed by atoms with E-state index in [-0.39, 0.29) is 11.9 Å². The van der Waals surface area contributed by atoms with Crippen molar-refractivity contribution in [3.05, 3.63) is 29.8 Å². The Morgan fingerprint density at radius 3 is 2.31 bits per heavy atom. The number of anilines is 1. The van der Waals surface area contributed by atoms with Crippen LogP contribution in [-0.2, 0) is 11.2 Å². The van der Waals surface area contributed by atoms with Crippen molar-refractivity contribution in [2.24, 2.45) is 0 Å². The number of aryl methyl sites for hydroxylation is 1. The molecular weight excluding hydrogens is 200 g/mol. The van der Waals surface area contributed by atoms with Gasteiger partial charge in [0.25, 0.3) is 0 Å². The number of carbonyl (C=O) groups excluding carboxylic acids is 1. The molecule has 0 saturated heterocycles. The molecule has 0 radical (unpaired) electrons. The molecule has 0 aliphatic carbocycles. The second-order valence-corrected chi connectivity index (χ2v) is 4.15. The Hall–Kier alpha value is -1.51. The van der Waals surface area contributed by atoms with Crippen LogP contribution in [0.15, 0.2) is 24.3 Å². The van der Waals surface area contributed by atoms with Crippen LogP contribution < -0.4 is 5.32 Å². The van der Waals surface area contributed by atoms with Gasteiger partial charge in [0, 0.05) is 19.8 Å². The molecule has 0 heterocycles. The molecule has 3 heteroatoms. The summed E-state index contributed by atoms with van der Waals surface area (Å²) < 4.78 is 0. The summed E-state index contributed by atoms with van der Waals surface area (Å²) in [6.45, 7) is 4.00. The summed E-state index contributed by atoms with van der Waals surface area (Å²) in [5.41, 5.74) is 2.29. The lowest BCUT2D eigenvalue weighted by Crippen LogP contribution is -2.36. The second-order valence-electron chi connectivity index (χ2n) is 4.15. The maximum Gasteiger partial charge on any atom is 0.244 e. The second kappa shape index (κ2) is 5.54. The standard InChI is InChI=1S/C13H20N2O/c1-5-11-6-8-12(9-7-11)14-10(2)13(16)15(3)4/h6-10,14H,5H2,1-4H3. The van der Waals surface area contributed by atoms with Crippen molar-refractivity contribution in [1.82, 2.24) is 4.90 Å². The number of carbonyl (C=O) groups is 1. The molecule has 1 N–H and O–H groups in total. The summed E-state index contributed by atoms with van der Waals surface area (Å²) in [5, 5.41) is 3.18. The van der Waals surface area contributed by atoms with Crippen LogP contribution >= 0.6 is 0 Å². The Morgan fingerprint density at radius 1 is 1.31 bits per heavy atom. The summed E-state index contributed by atoms with van der Waals surface area (Å²) in [6, 6.07) is 7.99. The van der Waals surface area contributed by atoms with Crippen LogP contribution in [0.1, 0.15) is 19.4 Å². The maximum absolute atomic E-state index is 11.6. The predicted octanol–water partition coefficient (Wildman–Crippen LogP) is 2.14. The highest BCUT2D eigenvalue weighted by molar-refractivity contribution is 5.83. The molecule has 3 nitrogen and oxygen atoms in total. The smallest absolute Gasteiger partial charge is 0.244 e. The highest BCUT2D eigenvalue weighted by Crippen LogP contribution is 2.11. The lowest BCUT2D eigenvalue weighted by Gasteiger charge is -2.19. The average molecular weight is 220 g/mol. The van der Waals surface area contributed by atoms with Crippen molar-refractivity contribution in [3.63, 3.8) is 0 Å². The molecule has 1 atom stereocenters. The molecule has 0 aliphatic heterocycles. The third kappa shape index (κ3) is 3.26. The van der Waals surface area contributed by atoms with E-state index < -0.39 is 0 Å². The summed E-state index contributed by atoms with van der Waals surface area (Å²) in [6.07, 6.45) is 1.03. The van der Waals surface area contributed by atoms with Gasteiger partial charge in [0.2, 0.25) is 5.91 Å². The lowest BCUT2D eigenvalue weighted by molar-refractivity contribution is -0.129. The Morgan fingerprint density at radius 2 is 1.88 bits per heavy atom. The molecule has 1 unspecified atom stereocenters. The normalized spacial score (nSPS) is 12.0. The molecule has 1 aromatic carbocycles. The molecule has 16 heavy (non-hydrogen) atoms. The van der Waals surface area contributed by atoms with E-state index in [1.54, 1.807) is 19.0 Å². The molecule has 0 saturated carbocycles. The van der Waals surface area contributed by atoms with Gasteiger partial charge in [0.05, 0.1) is 0 Å². The Kier molecular flexibility index (Phi) is 4.35. The largest absolute Gasteiger partial charge is 0.374 e. The van der Waals surface area contributed by atoms with E-state index in [0.717, 1.165) is 12.1 Å². The van der Waals surface area contributed by atoms with Gasteiger partial charge >= 0.3 is 0 Å². The number of hydrogen-bond acceptors (Lipinski definition) is 2. The minimum atomic E-state index is -0.192. The fraction of sp³-hybridized carbons (Fsp3) is 0.462. The number of nitrogens with zero attached hydrogens (tertiary/aromatic N) is 1. The van der Waals surface area contributed by atoms with Crippen LogP contribution in [0.4, 0.5) is 5.69 Å². The number of benzene rings is 1. The first kappa shape index (κ1) is 12.6. The van der Waals surface area contributed by atoms with Gasteiger partial charge in [-0.15, -0.1) is 0 Å². The summed E-state index contributed by atoms with van der Waals surface area (Å²) in [7, 11) is 3.53. The van der Waals surface area contributed by atoms with Crippen LogP contribution in [0.5, 0.6) is 0 Å². The molecule has 1 rings (SSSR count). The van der Waals surface area contributed by atoms with Gasteiger partial charge in [-0.25, -0.2) is 0 Å². The van der Waals surface area contributed by atoms with Gasteiger partial charge in [-0.2, -0.15) is 0 Å². The van der Waals surface area contributed by atoms with Crippen molar-refractivity contribution in [1.29, 1.82) is 0 Å². The van der Waals surface area contributed by atoms with Crippen LogP contribution in [-0.4, -0.2) is 30.9 Å². The van der Waals surface area contributed by atoms with Crippen LogP contribution in [0.2, 0.25) is 0 Å². The molecule has 0 aromatic heterocycles. The first-order valence-electron chi connectivity index (χ1n) is 5.61. The fourth-order valence-electron chi connectivity index (χ4n) is 1.54. The molecule has 88 valence electrons. The van der Waals surface area contributed by atoms with E-state index in [4.69, 9.17) is 0 Å². The average Bonchev–Trinajstić information content (AvgIpc) is 2.28. The zero-order chi connectivity index (χ0) is 12.1. The molecule has 1 aromatic rings. The van der Waals surface area contributed by atoms with Crippen molar-refractivity contribution < 1.29 is 4.79 Å². The third-order valence-electron chi connectivity index (χ3n) is 2.56. The topological polar surface area (TPSA) is 32.3 Å². The third-order valence-corrected chi connectivity index (χ3v) is 2.56. The van der Waals surface area contributed by atoms with Gasteiger partial charge in [0.1, 0.15) is 6.04 Å². The first-order valence-corrected chi connectivity index (χ1v) is 5.61. The zero-order valence-corrected chi connectivity index (χ0v) is 10.4. The summed E-state index contributed by atoms with van der Waals surface area (Å²) in [4.78, 5) is 13.2. The van der Waals surface area contributed by atoms with Crippen molar-refractivity contribution >= 4 is 11.6 Å². The van der Waals surface area contributed by atoms with E-state index in [9.17, 15) is 4.79 Å². The Labute approximate surface area is 97.5 Å². The van der Waals surface area contributed by atoms with E-state index in [1.165, 1.54) is 5.56 Å². The van der Waals surface area contributed by atoms with Crippen LogP contribution in [0, 0.1) is 0 Å². The van der Waals surface area contributed by atoms with E-state index >= 15 is 0 Å². The fourth-order valence-corrected chi connectivity index (χ4v) is 1.54. The maximum atomic E-state index is 11.6. The molecule has 0 spiro atoms. The molecule has 0 fully saturated rings. The first-order chi connectivity index (χ1) is 7.54. The predicted molar refractivity (Wildman–Crippen MR) is 67.6 cm³/mol. The minimum Gasteiger partial charge on any atom is -0.374 e. The van der Waals surface area contributed by atoms with Gasteiger partial charge in [-0.1, -0.05) is 19.1 Å². The quantitative estimate of drug-likeness (QED) is 0.843. The number of hydrogen-bond donors (Lipinski definition) is 1. The van der Waals surface area contributed by atoms with Crippen molar-refractivity contribution in [3.8, 4) is 0 Å². The van der Waals surface area contributed by atoms with Crippen molar-refractivity contribution in [2.75, 3.05) is 19.4 Å². The summed E-state index contributed by atoms with van der Waals surface area (Å²) in [5.74, 6) is 0.0829. The Bertz CT molecular complexity index is 343. The number of likely N-dealkylation sites (N-methyl/N-ethyl adjacent to an activating group) is 1. The highest BCUT2D eigenvalue weighted by atomic mass is 16.2. The minimum absolute atomic E-state index is 0.0829. The number of nitrogens with one attached hydrogen (secondary N) is 1. The zero-order valence-electron chi connectivity index (χ0n) is 10.4. The van der Waals surface area contributed by atoms with E-state index in [1.807, 2.05) is 19.1 Å². The van der Waals surface area contributed by atoms with Crippen LogP contribution in [0.25, 0.3) is 0 Å². The Balaban J connectivity index is 2.62. The molecule has 0 bridgehead atoms. The van der Waals surface area contributed by atoms with E-state index in [2.05, 4.69) is 24.4 Å². The highest BCUT2D eigenvalue weighted by Gasteiger charge is 2.13. The van der Waals surface area contributed by atoms with Crippen LogP contribution in [0.3, 0.4) is 0 Å². The number of rotatable bonds is 4. The number of amides is 1. The SMILES string of the molecule is CCc1ccc(NC(C)C(=O)N(C)C)cc1. The van der Waals surface area contributed by atoms with Gasteiger partial charge in [0.15, 0.2) is 0 Å². The van der Waals surface area contributed by atoms with E-state index in [0.29, 0.717) is 0 Å². The summed E-state index contributed by atoms with van der Waals surface area (Å²) >= 11 is 0. The molecule has 0 aliphatic rings. The molecular formula is C13H20N2O. The van der Waals surface area contributed by atoms with Gasteiger partial charge in [-0.3, -0.25) is 4.79 Å². The monoisotopic (exact) mass is 220 g/mol. The molecule has 1 amide bonds. The van der Waals surface area contributed by atoms with Gasteiger partial charge < -0.3 is 10.2 Å². The van der Waals surface area contributed by atoms with Gasteiger partial charge in [-0.05, 0) is 31.0 Å².